The van der Waals surface area contributed by atoms with Crippen molar-refractivity contribution in [2.24, 2.45) is 5.73 Å². The molecule has 0 aliphatic rings. The maximum Gasteiger partial charge on any atom is 0.332 e. The topological polar surface area (TPSA) is 145 Å². The van der Waals surface area contributed by atoms with E-state index in [9.17, 15) is 9.59 Å². The molecule has 5 rings (SSSR count). The molecule has 0 saturated heterocycles. The van der Waals surface area contributed by atoms with E-state index in [1.165, 1.54) is 11.7 Å². The van der Waals surface area contributed by atoms with Crippen molar-refractivity contribution in [1.29, 1.82) is 0 Å². The van der Waals surface area contributed by atoms with Crippen molar-refractivity contribution >= 4 is 28.0 Å². The highest BCUT2D eigenvalue weighted by molar-refractivity contribution is 6.02. The molecule has 10 heteroatoms. The third-order valence-electron chi connectivity index (χ3n) is 4.78. The normalized spacial score (nSPS) is 11.2. The predicted octanol–water partition coefficient (Wildman–Crippen LogP) is 1.76. The quantitative estimate of drug-likeness (QED) is 0.418. The van der Waals surface area contributed by atoms with E-state index >= 15 is 0 Å². The van der Waals surface area contributed by atoms with Crippen molar-refractivity contribution in [2.75, 3.05) is 7.11 Å². The van der Waals surface area contributed by atoms with Gasteiger partial charge in [-0.25, -0.2) is 19.3 Å². The average Bonchev–Trinajstić information content (AvgIpc) is 3.35. The maximum atomic E-state index is 12.7. The summed E-state index contributed by atoms with van der Waals surface area (Å²) in [5.41, 5.74) is 7.44. The van der Waals surface area contributed by atoms with Gasteiger partial charge in [-0.05, 0) is 30.3 Å². The van der Waals surface area contributed by atoms with Crippen molar-refractivity contribution < 1.29 is 9.53 Å². The largest absolute Gasteiger partial charge is 0.497 e. The lowest BCUT2D eigenvalue weighted by Crippen LogP contribution is -2.15. The molecule has 0 saturated carbocycles. The number of primary amides is 1. The molecule has 1 amide bonds. The molecule has 30 heavy (non-hydrogen) atoms. The van der Waals surface area contributed by atoms with E-state index in [0.29, 0.717) is 17.0 Å². The summed E-state index contributed by atoms with van der Waals surface area (Å²) < 4.78 is 6.60. The molecule has 148 valence electrons. The maximum absolute atomic E-state index is 12.7. The van der Waals surface area contributed by atoms with Crippen molar-refractivity contribution in [3.63, 3.8) is 0 Å². The fraction of sp³-hybridized carbons (Fsp3) is 0.0500. The summed E-state index contributed by atoms with van der Waals surface area (Å²) in [7, 11) is 1.54. The molecular weight excluding hydrogens is 386 g/mol. The van der Waals surface area contributed by atoms with Gasteiger partial charge in [0.25, 0.3) is 5.91 Å². The van der Waals surface area contributed by atoms with Gasteiger partial charge in [0, 0.05) is 17.0 Å². The minimum atomic E-state index is -0.771. The van der Waals surface area contributed by atoms with Crippen LogP contribution in [0.4, 0.5) is 0 Å². The number of ether oxygens (including phenoxy) is 1. The lowest BCUT2D eigenvalue weighted by Gasteiger charge is -2.08. The molecule has 3 heterocycles. The fourth-order valence-corrected chi connectivity index (χ4v) is 3.36. The van der Waals surface area contributed by atoms with Crippen LogP contribution >= 0.6 is 0 Å². The van der Waals surface area contributed by atoms with Gasteiger partial charge in [0.2, 0.25) is 0 Å². The summed E-state index contributed by atoms with van der Waals surface area (Å²) >= 11 is 0. The Balaban J connectivity index is 1.81. The Morgan fingerprint density at radius 2 is 2.03 bits per heavy atom. The number of aromatic amines is 2. The van der Waals surface area contributed by atoms with Crippen molar-refractivity contribution in [3.8, 4) is 22.8 Å². The van der Waals surface area contributed by atoms with E-state index in [2.05, 4.69) is 25.1 Å². The molecule has 0 unspecified atom stereocenters. The zero-order chi connectivity index (χ0) is 20.8. The van der Waals surface area contributed by atoms with E-state index < -0.39 is 11.6 Å². The van der Waals surface area contributed by atoms with Gasteiger partial charge in [-0.3, -0.25) is 9.89 Å². The number of hydrogen-bond donors (Lipinski definition) is 3. The molecule has 4 N–H and O–H groups in total. The summed E-state index contributed by atoms with van der Waals surface area (Å²) in [6.07, 6.45) is 1.68. The van der Waals surface area contributed by atoms with Gasteiger partial charge in [-0.1, -0.05) is 6.07 Å². The van der Waals surface area contributed by atoms with Gasteiger partial charge < -0.3 is 15.5 Å². The zero-order valence-corrected chi connectivity index (χ0v) is 15.7. The molecule has 0 atom stereocenters. The summed E-state index contributed by atoms with van der Waals surface area (Å²) in [6, 6.07) is 12.4. The first-order chi connectivity index (χ1) is 14.5. The molecule has 2 aromatic carbocycles. The van der Waals surface area contributed by atoms with Crippen molar-refractivity contribution in [3.05, 3.63) is 64.8 Å². The number of amides is 1. The number of methoxy groups -OCH3 is 1. The first-order valence-corrected chi connectivity index (χ1v) is 8.95. The molecule has 0 bridgehead atoms. The second-order valence-corrected chi connectivity index (χ2v) is 6.60. The molecule has 3 aromatic heterocycles. The van der Waals surface area contributed by atoms with Crippen molar-refractivity contribution in [2.45, 2.75) is 0 Å². The number of rotatable bonds is 4. The van der Waals surface area contributed by atoms with Crippen LogP contribution < -0.4 is 16.2 Å². The van der Waals surface area contributed by atoms with Gasteiger partial charge >= 0.3 is 5.69 Å². The van der Waals surface area contributed by atoms with Gasteiger partial charge in [0.05, 0.1) is 24.5 Å². The summed E-state index contributed by atoms with van der Waals surface area (Å²) in [5.74, 6) is 0.0608. The number of nitrogens with one attached hydrogen (secondary N) is 2. The number of carbonyl (C=O) groups excluding carboxylic acids is 1. The second-order valence-electron chi connectivity index (χ2n) is 6.60. The predicted molar refractivity (Wildman–Crippen MR) is 110 cm³/mol. The monoisotopic (exact) mass is 401 g/mol. The van der Waals surface area contributed by atoms with E-state index in [-0.39, 0.29) is 22.7 Å². The average molecular weight is 401 g/mol. The van der Waals surface area contributed by atoms with Gasteiger partial charge in [0.1, 0.15) is 11.3 Å². The Bertz CT molecular complexity index is 1500. The summed E-state index contributed by atoms with van der Waals surface area (Å²) in [5, 5.41) is 7.74. The first-order valence-electron chi connectivity index (χ1n) is 8.95. The third-order valence-corrected chi connectivity index (χ3v) is 4.78. The Labute approximate surface area is 168 Å². The minimum Gasteiger partial charge on any atom is -0.497 e. The number of H-pyrrole nitrogens is 2. The standard InChI is InChI=1S/C20H15N7O3/c1-30-13-4-2-3-12(8-13)27-19-16(24-20(27)29)15(17(21)28)23-18(25-19)10-5-6-14-11(7-10)9-22-26-14/h2-9H,1H3,(H2,21,28)(H,22,26)(H,24,29). The molecule has 10 nitrogen and oxygen atoms in total. The SMILES string of the molecule is COc1cccc(-n2c(=O)[nH]c3c(C(N)=O)nc(-c4ccc5[nH]ncc5c4)nc32)c1. The Morgan fingerprint density at radius 1 is 1.17 bits per heavy atom. The molecule has 0 aliphatic heterocycles. The van der Waals surface area contributed by atoms with Gasteiger partial charge in [-0.15, -0.1) is 0 Å². The number of hydrogen-bond acceptors (Lipinski definition) is 6. The lowest BCUT2D eigenvalue weighted by atomic mass is 10.1. The van der Waals surface area contributed by atoms with Crippen molar-refractivity contribution in [1.82, 2.24) is 29.7 Å². The van der Waals surface area contributed by atoms with Crippen LogP contribution in [0.5, 0.6) is 5.75 Å². The molecule has 0 radical (unpaired) electrons. The van der Waals surface area contributed by atoms with Crippen LogP contribution in [-0.4, -0.2) is 42.7 Å². The highest BCUT2D eigenvalue weighted by atomic mass is 16.5. The number of fused-ring (bicyclic) bond motifs is 2. The highest BCUT2D eigenvalue weighted by Gasteiger charge is 2.20. The molecule has 0 aliphatic carbocycles. The van der Waals surface area contributed by atoms with Crippen LogP contribution in [0.1, 0.15) is 10.5 Å². The smallest absolute Gasteiger partial charge is 0.332 e. The molecule has 0 spiro atoms. The number of aromatic nitrogens is 6. The highest BCUT2D eigenvalue weighted by Crippen LogP contribution is 2.25. The fourth-order valence-electron chi connectivity index (χ4n) is 3.36. The second kappa shape index (κ2) is 6.55. The number of nitrogens with two attached hydrogens (primary N) is 1. The summed E-state index contributed by atoms with van der Waals surface area (Å²) in [6.45, 7) is 0. The molecule has 0 fully saturated rings. The summed E-state index contributed by atoms with van der Waals surface area (Å²) in [4.78, 5) is 36.4. The number of benzene rings is 2. The number of nitrogens with zero attached hydrogens (tertiary/aromatic N) is 4. The van der Waals surface area contributed by atoms with E-state index in [0.717, 1.165) is 10.9 Å². The lowest BCUT2D eigenvalue weighted by molar-refractivity contribution is 0.0997. The molecule has 5 aromatic rings. The third kappa shape index (κ3) is 2.70. The first kappa shape index (κ1) is 17.6. The van der Waals surface area contributed by atoms with E-state index in [1.807, 2.05) is 12.1 Å². The Hall–Kier alpha value is -4.47. The minimum absolute atomic E-state index is 0.0685. The van der Waals surface area contributed by atoms with Crippen LogP contribution in [0.15, 0.2) is 53.5 Å². The van der Waals surface area contributed by atoms with E-state index in [4.69, 9.17) is 10.5 Å². The zero-order valence-electron chi connectivity index (χ0n) is 15.7. The Morgan fingerprint density at radius 3 is 2.83 bits per heavy atom. The van der Waals surface area contributed by atoms with Gasteiger partial charge in [0.15, 0.2) is 17.2 Å². The van der Waals surface area contributed by atoms with Crippen LogP contribution in [-0.2, 0) is 0 Å². The van der Waals surface area contributed by atoms with Gasteiger partial charge in [-0.2, -0.15) is 5.10 Å². The Kier molecular flexibility index (Phi) is 3.85. The number of carbonyl (C=O) groups is 1. The number of imidazole rings is 1. The molecular formula is C20H15N7O3. The van der Waals surface area contributed by atoms with E-state index in [1.54, 1.807) is 36.5 Å². The van der Waals surface area contributed by atoms with Crippen LogP contribution in [0, 0.1) is 0 Å². The van der Waals surface area contributed by atoms with Crippen LogP contribution in [0.2, 0.25) is 0 Å². The van der Waals surface area contributed by atoms with Crippen LogP contribution in [0.3, 0.4) is 0 Å². The van der Waals surface area contributed by atoms with Crippen LogP contribution in [0.25, 0.3) is 39.1 Å².